The van der Waals surface area contributed by atoms with Crippen LogP contribution < -0.4 is 5.32 Å². The van der Waals surface area contributed by atoms with E-state index < -0.39 is 28.8 Å². The first kappa shape index (κ1) is 20.3. The molecular formula is C17H25F3N2O2. The maximum atomic E-state index is 12.8. The predicted molar refractivity (Wildman–Crippen MR) is 86.8 cm³/mol. The summed E-state index contributed by atoms with van der Waals surface area (Å²) in [7, 11) is 1.55. The third kappa shape index (κ3) is 6.03. The highest BCUT2D eigenvalue weighted by atomic mass is 19.4. The van der Waals surface area contributed by atoms with Crippen LogP contribution >= 0.6 is 0 Å². The van der Waals surface area contributed by atoms with Crippen molar-refractivity contribution < 1.29 is 23.1 Å². The van der Waals surface area contributed by atoms with Crippen molar-refractivity contribution in [2.45, 2.75) is 44.9 Å². The van der Waals surface area contributed by atoms with Crippen LogP contribution in [0.4, 0.5) is 18.0 Å². The first-order valence-corrected chi connectivity index (χ1v) is 7.61. The van der Waals surface area contributed by atoms with E-state index >= 15 is 0 Å². The molecule has 136 valence electrons. The van der Waals surface area contributed by atoms with Crippen molar-refractivity contribution in [1.29, 1.82) is 0 Å². The van der Waals surface area contributed by atoms with E-state index in [0.717, 1.165) is 12.1 Å². The quantitative estimate of drug-likeness (QED) is 0.859. The number of likely N-dealkylation sites (N-methyl/N-ethyl adjacent to an activating group) is 1. The van der Waals surface area contributed by atoms with Gasteiger partial charge in [0.05, 0.1) is 17.7 Å². The molecule has 7 heteroatoms. The molecule has 24 heavy (non-hydrogen) atoms. The van der Waals surface area contributed by atoms with Gasteiger partial charge in [0.25, 0.3) is 0 Å². The topological polar surface area (TPSA) is 52.6 Å². The Kier molecular flexibility index (Phi) is 5.92. The van der Waals surface area contributed by atoms with Gasteiger partial charge in [-0.05, 0) is 25.5 Å². The van der Waals surface area contributed by atoms with Gasteiger partial charge in [-0.2, -0.15) is 13.2 Å². The summed E-state index contributed by atoms with van der Waals surface area (Å²) in [4.78, 5) is 13.4. The number of alkyl halides is 3. The molecule has 0 spiro atoms. The molecule has 1 aromatic carbocycles. The maximum absolute atomic E-state index is 12.8. The van der Waals surface area contributed by atoms with Crippen molar-refractivity contribution in [1.82, 2.24) is 10.2 Å². The summed E-state index contributed by atoms with van der Waals surface area (Å²) in [5.41, 5.74) is -1.92. The molecule has 0 bridgehead atoms. The Morgan fingerprint density at radius 1 is 1.17 bits per heavy atom. The Hall–Kier alpha value is -1.76. The van der Waals surface area contributed by atoms with Crippen LogP contribution in [-0.4, -0.2) is 41.8 Å². The van der Waals surface area contributed by atoms with E-state index in [9.17, 15) is 23.1 Å². The van der Waals surface area contributed by atoms with E-state index in [-0.39, 0.29) is 13.1 Å². The highest BCUT2D eigenvalue weighted by Gasteiger charge is 2.32. The van der Waals surface area contributed by atoms with Gasteiger partial charge in [-0.1, -0.05) is 32.0 Å². The van der Waals surface area contributed by atoms with Crippen LogP contribution in [-0.2, 0) is 11.6 Å². The average Bonchev–Trinajstić information content (AvgIpc) is 2.42. The summed E-state index contributed by atoms with van der Waals surface area (Å²) in [6.07, 6.45) is -4.40. The SMILES string of the molecule is CN(CC(C)(C)O)C(=O)NCC(C)(C)c1cccc(C(F)(F)F)c1. The predicted octanol–water partition coefficient (Wildman–Crippen LogP) is 3.40. The number of hydrogen-bond donors (Lipinski definition) is 2. The van der Waals surface area contributed by atoms with Gasteiger partial charge in [0.1, 0.15) is 0 Å². The second-order valence-electron chi connectivity index (χ2n) is 7.29. The maximum Gasteiger partial charge on any atom is 0.416 e. The van der Waals surface area contributed by atoms with Gasteiger partial charge in [-0.3, -0.25) is 0 Å². The van der Waals surface area contributed by atoms with Gasteiger partial charge in [0, 0.05) is 19.0 Å². The molecule has 0 heterocycles. The Morgan fingerprint density at radius 3 is 2.21 bits per heavy atom. The van der Waals surface area contributed by atoms with Gasteiger partial charge in [0.15, 0.2) is 0 Å². The van der Waals surface area contributed by atoms with Crippen molar-refractivity contribution in [3.05, 3.63) is 35.4 Å². The second kappa shape index (κ2) is 7.01. The Bertz CT molecular complexity index is 578. The van der Waals surface area contributed by atoms with Crippen LogP contribution in [0.25, 0.3) is 0 Å². The summed E-state index contributed by atoms with van der Waals surface area (Å²) in [6.45, 7) is 7.01. The number of urea groups is 1. The summed E-state index contributed by atoms with van der Waals surface area (Å²) >= 11 is 0. The number of rotatable bonds is 5. The summed E-state index contributed by atoms with van der Waals surface area (Å²) in [5.74, 6) is 0. The molecule has 0 aromatic heterocycles. The number of hydrogen-bond acceptors (Lipinski definition) is 2. The van der Waals surface area contributed by atoms with Gasteiger partial charge < -0.3 is 15.3 Å². The number of nitrogens with zero attached hydrogens (tertiary/aromatic N) is 1. The molecule has 0 radical (unpaired) electrons. The molecule has 0 saturated carbocycles. The Labute approximate surface area is 140 Å². The summed E-state index contributed by atoms with van der Waals surface area (Å²) in [5, 5.41) is 12.4. The van der Waals surface area contributed by atoms with Crippen LogP contribution in [0.15, 0.2) is 24.3 Å². The van der Waals surface area contributed by atoms with E-state index in [1.165, 1.54) is 11.0 Å². The molecule has 0 unspecified atom stereocenters. The van der Waals surface area contributed by atoms with Crippen molar-refractivity contribution in [3.8, 4) is 0 Å². The minimum atomic E-state index is -4.40. The van der Waals surface area contributed by atoms with Gasteiger partial charge in [0.2, 0.25) is 0 Å². The van der Waals surface area contributed by atoms with E-state index in [2.05, 4.69) is 5.32 Å². The van der Waals surface area contributed by atoms with Gasteiger partial charge in [-0.15, -0.1) is 0 Å². The number of carbonyl (C=O) groups excluding carboxylic acids is 1. The highest BCUT2D eigenvalue weighted by Crippen LogP contribution is 2.32. The number of halogens is 3. The fraction of sp³-hybridized carbons (Fsp3) is 0.588. The monoisotopic (exact) mass is 346 g/mol. The number of nitrogens with one attached hydrogen (secondary N) is 1. The normalized spacial score (nSPS) is 12.9. The van der Waals surface area contributed by atoms with E-state index in [1.54, 1.807) is 40.8 Å². The molecule has 0 atom stereocenters. The zero-order valence-corrected chi connectivity index (χ0v) is 14.7. The van der Waals surface area contributed by atoms with E-state index in [4.69, 9.17) is 0 Å². The smallest absolute Gasteiger partial charge is 0.389 e. The van der Waals surface area contributed by atoms with E-state index in [0.29, 0.717) is 5.56 Å². The fourth-order valence-electron chi connectivity index (χ4n) is 2.30. The van der Waals surface area contributed by atoms with Gasteiger partial charge in [-0.25, -0.2) is 4.79 Å². The van der Waals surface area contributed by atoms with Crippen LogP contribution in [0.5, 0.6) is 0 Å². The van der Waals surface area contributed by atoms with Crippen molar-refractivity contribution in [2.24, 2.45) is 0 Å². The molecule has 1 rings (SSSR count). The Balaban J connectivity index is 2.78. The molecule has 1 aromatic rings. The zero-order chi connectivity index (χ0) is 18.8. The lowest BCUT2D eigenvalue weighted by Gasteiger charge is -2.30. The zero-order valence-electron chi connectivity index (χ0n) is 14.7. The largest absolute Gasteiger partial charge is 0.416 e. The molecular weight excluding hydrogens is 321 g/mol. The van der Waals surface area contributed by atoms with Gasteiger partial charge >= 0.3 is 12.2 Å². The fourth-order valence-corrected chi connectivity index (χ4v) is 2.30. The van der Waals surface area contributed by atoms with Crippen molar-refractivity contribution in [2.75, 3.05) is 20.1 Å². The van der Waals surface area contributed by atoms with Crippen molar-refractivity contribution in [3.63, 3.8) is 0 Å². The number of amides is 2. The summed E-state index contributed by atoms with van der Waals surface area (Å²) in [6, 6.07) is 4.71. The molecule has 0 saturated heterocycles. The molecule has 0 aliphatic heterocycles. The molecule has 4 nitrogen and oxygen atoms in total. The van der Waals surface area contributed by atoms with E-state index in [1.807, 2.05) is 0 Å². The van der Waals surface area contributed by atoms with Crippen LogP contribution in [0.3, 0.4) is 0 Å². The molecule has 0 fully saturated rings. The van der Waals surface area contributed by atoms with Crippen LogP contribution in [0.2, 0.25) is 0 Å². The molecule has 0 aliphatic carbocycles. The highest BCUT2D eigenvalue weighted by molar-refractivity contribution is 5.74. The van der Waals surface area contributed by atoms with Crippen LogP contribution in [0.1, 0.15) is 38.8 Å². The third-order valence-corrected chi connectivity index (χ3v) is 3.62. The average molecular weight is 346 g/mol. The van der Waals surface area contributed by atoms with Crippen molar-refractivity contribution >= 4 is 6.03 Å². The lowest BCUT2D eigenvalue weighted by Crippen LogP contribution is -2.47. The lowest BCUT2D eigenvalue weighted by atomic mass is 9.84. The third-order valence-electron chi connectivity index (χ3n) is 3.62. The van der Waals surface area contributed by atoms with Crippen LogP contribution in [0, 0.1) is 0 Å². The number of benzene rings is 1. The first-order chi connectivity index (χ1) is 10.7. The molecule has 2 amide bonds. The summed E-state index contributed by atoms with van der Waals surface area (Å²) < 4.78 is 38.5. The lowest BCUT2D eigenvalue weighted by molar-refractivity contribution is -0.137. The number of carbonyl (C=O) groups is 1. The number of aliphatic hydroxyl groups is 1. The molecule has 0 aliphatic rings. The minimum Gasteiger partial charge on any atom is -0.389 e. The second-order valence-corrected chi connectivity index (χ2v) is 7.29. The molecule has 2 N–H and O–H groups in total. The standard InChI is InChI=1S/C17H25F3N2O2/c1-15(2,10-21-14(23)22(5)11-16(3,4)24)12-7-6-8-13(9-12)17(18,19)20/h6-9,24H,10-11H2,1-5H3,(H,21,23). The Morgan fingerprint density at radius 2 is 1.71 bits per heavy atom. The minimum absolute atomic E-state index is 0.142. The first-order valence-electron chi connectivity index (χ1n) is 7.61.